The van der Waals surface area contributed by atoms with E-state index < -0.39 is 34.4 Å². The fourth-order valence-corrected chi connectivity index (χ4v) is 3.76. The normalized spacial score (nSPS) is 17.6. The summed E-state index contributed by atoms with van der Waals surface area (Å²) < 4.78 is 31.3. The smallest absolute Gasteiger partial charge is 0.340 e. The number of hydrogen-bond acceptors (Lipinski definition) is 8. The van der Waals surface area contributed by atoms with Crippen LogP contribution in [0.4, 0.5) is 0 Å². The van der Waals surface area contributed by atoms with Crippen LogP contribution in [0.3, 0.4) is 0 Å². The molecule has 1 aromatic rings. The molecule has 26 heavy (non-hydrogen) atoms. The van der Waals surface area contributed by atoms with Crippen molar-refractivity contribution in [2.24, 2.45) is 4.40 Å². The van der Waals surface area contributed by atoms with Crippen molar-refractivity contribution in [2.45, 2.75) is 0 Å². The Kier molecular flexibility index (Phi) is 5.00. The number of nitrogens with one attached hydrogen (secondary N) is 1. The fraction of sp³-hybridized carbons (Fsp3) is 0.200. The molecule has 0 saturated carbocycles. The Labute approximate surface area is 152 Å². The maximum Gasteiger partial charge on any atom is 0.340 e. The van der Waals surface area contributed by atoms with Crippen molar-refractivity contribution in [3.63, 3.8) is 0 Å². The van der Waals surface area contributed by atoms with Crippen LogP contribution >= 0.6 is 11.3 Å². The number of fused-ring (bicyclic) bond motifs is 1. The van der Waals surface area contributed by atoms with Gasteiger partial charge in [-0.3, -0.25) is 14.9 Å². The Bertz CT molecular complexity index is 944. The molecule has 11 heteroatoms. The minimum absolute atomic E-state index is 0.139. The summed E-state index contributed by atoms with van der Waals surface area (Å²) in [5.41, 5.74) is 0.139. The molecule has 3 heterocycles. The van der Waals surface area contributed by atoms with E-state index in [4.69, 9.17) is 4.74 Å². The quantitative estimate of drug-likeness (QED) is 0.715. The summed E-state index contributed by atoms with van der Waals surface area (Å²) in [4.78, 5) is 37.3. The van der Waals surface area contributed by atoms with Gasteiger partial charge in [-0.05, 0) is 23.6 Å². The molecule has 0 unspecified atom stereocenters. The zero-order valence-electron chi connectivity index (χ0n) is 13.2. The largest absolute Gasteiger partial charge is 0.452 e. The number of imide groups is 1. The number of thiophene rings is 1. The average Bonchev–Trinajstić information content (AvgIpc) is 3.13. The molecule has 136 valence electrons. The van der Waals surface area contributed by atoms with Crippen LogP contribution in [0.1, 0.15) is 9.67 Å². The van der Waals surface area contributed by atoms with E-state index in [0.717, 1.165) is 0 Å². The zero-order valence-corrected chi connectivity index (χ0v) is 14.9. The van der Waals surface area contributed by atoms with Crippen LogP contribution in [0.15, 0.2) is 45.8 Å². The molecule has 1 aromatic heterocycles. The van der Waals surface area contributed by atoms with Gasteiger partial charge in [0.05, 0.1) is 16.2 Å². The fourth-order valence-electron chi connectivity index (χ4n) is 2.17. The van der Waals surface area contributed by atoms with Crippen LogP contribution in [0.2, 0.25) is 0 Å². The van der Waals surface area contributed by atoms with Crippen LogP contribution in [0.25, 0.3) is 0 Å². The van der Waals surface area contributed by atoms with Crippen molar-refractivity contribution in [1.82, 2.24) is 10.2 Å². The molecule has 0 bridgehead atoms. The molecule has 0 aromatic carbocycles. The number of carbonyl (C=O) groups is 3. The van der Waals surface area contributed by atoms with Crippen molar-refractivity contribution < 1.29 is 27.5 Å². The van der Waals surface area contributed by atoms with Gasteiger partial charge < -0.3 is 9.64 Å². The summed E-state index contributed by atoms with van der Waals surface area (Å²) in [7, 11) is -3.48. The third-order valence-corrected chi connectivity index (χ3v) is 5.42. The average molecular weight is 395 g/mol. The van der Waals surface area contributed by atoms with Gasteiger partial charge in [-0.2, -0.15) is 0 Å². The molecule has 2 aliphatic rings. The third-order valence-electron chi connectivity index (χ3n) is 3.39. The predicted octanol–water partition coefficient (Wildman–Crippen LogP) is 0.0453. The summed E-state index contributed by atoms with van der Waals surface area (Å²) in [5.74, 6) is -2.02. The lowest BCUT2D eigenvalue weighted by molar-refractivity contribution is -0.144. The molecule has 3 rings (SSSR count). The lowest BCUT2D eigenvalue weighted by atomic mass is 10.2. The molecular weight excluding hydrogens is 382 g/mol. The molecule has 0 fully saturated rings. The Morgan fingerprint density at radius 1 is 1.31 bits per heavy atom. The molecule has 0 radical (unpaired) electrons. The first-order valence-electron chi connectivity index (χ1n) is 7.38. The SMILES string of the molecule is O=C(COC(=O)C1=CN2CCS(=O)(=O)N=C2C=C1)NC(=O)c1cccs1. The summed E-state index contributed by atoms with van der Waals surface area (Å²) in [6, 6.07) is 3.24. The first-order valence-corrected chi connectivity index (χ1v) is 9.87. The Balaban J connectivity index is 1.54. The van der Waals surface area contributed by atoms with E-state index in [1.165, 1.54) is 34.6 Å². The summed E-state index contributed by atoms with van der Waals surface area (Å²) in [6.45, 7) is -0.450. The van der Waals surface area contributed by atoms with Crippen molar-refractivity contribution >= 4 is 45.0 Å². The van der Waals surface area contributed by atoms with E-state index in [2.05, 4.69) is 9.71 Å². The third kappa shape index (κ3) is 4.24. The molecule has 0 aliphatic carbocycles. The van der Waals surface area contributed by atoms with Crippen molar-refractivity contribution in [1.29, 1.82) is 0 Å². The second kappa shape index (κ2) is 7.22. The molecular formula is C15H13N3O6S2. The van der Waals surface area contributed by atoms with Crippen LogP contribution in [0.5, 0.6) is 0 Å². The van der Waals surface area contributed by atoms with Crippen LogP contribution in [0, 0.1) is 0 Å². The van der Waals surface area contributed by atoms with Crippen molar-refractivity contribution in [3.8, 4) is 0 Å². The second-order valence-electron chi connectivity index (χ2n) is 5.28. The van der Waals surface area contributed by atoms with Crippen LogP contribution in [-0.2, 0) is 24.3 Å². The van der Waals surface area contributed by atoms with Gasteiger partial charge in [-0.1, -0.05) is 6.07 Å². The Hall–Kier alpha value is -2.79. The molecule has 9 nitrogen and oxygen atoms in total. The number of hydrogen-bond donors (Lipinski definition) is 1. The maximum atomic E-state index is 12.0. The summed E-state index contributed by atoms with van der Waals surface area (Å²) >= 11 is 1.18. The van der Waals surface area contributed by atoms with Gasteiger partial charge in [0.2, 0.25) is 0 Å². The first kappa shape index (κ1) is 18.0. The highest BCUT2D eigenvalue weighted by atomic mass is 32.2. The number of ether oxygens (including phenoxy) is 1. The van der Waals surface area contributed by atoms with Gasteiger partial charge in [-0.25, -0.2) is 13.2 Å². The predicted molar refractivity (Wildman–Crippen MR) is 92.9 cm³/mol. The van der Waals surface area contributed by atoms with Crippen LogP contribution < -0.4 is 5.32 Å². The van der Waals surface area contributed by atoms with Gasteiger partial charge in [0.25, 0.3) is 21.8 Å². The van der Waals surface area contributed by atoms with E-state index >= 15 is 0 Å². The molecule has 0 saturated heterocycles. The van der Waals surface area contributed by atoms with Crippen molar-refractivity contribution in [2.75, 3.05) is 18.9 Å². The van der Waals surface area contributed by atoms with Gasteiger partial charge in [0.15, 0.2) is 6.61 Å². The lowest BCUT2D eigenvalue weighted by Crippen LogP contribution is -2.37. The maximum absolute atomic E-state index is 12.0. The molecule has 0 spiro atoms. The van der Waals surface area contributed by atoms with E-state index in [-0.39, 0.29) is 23.7 Å². The lowest BCUT2D eigenvalue weighted by Gasteiger charge is -2.26. The standard InChI is InChI=1S/C15H13N3O6S2/c19-13(16-14(20)11-2-1-6-25-11)9-24-15(21)10-3-4-12-17-26(22,23)7-5-18(12)8-10/h1-4,6,8H,5,7,9H2,(H,16,19,20). The number of amidine groups is 1. The van der Waals surface area contributed by atoms with Gasteiger partial charge in [0.1, 0.15) is 5.84 Å². The number of carbonyl (C=O) groups excluding carboxylic acids is 3. The topological polar surface area (TPSA) is 122 Å². The van der Waals surface area contributed by atoms with E-state index in [1.54, 1.807) is 17.5 Å². The molecule has 1 N–H and O–H groups in total. The number of nitrogens with zero attached hydrogens (tertiary/aromatic N) is 2. The molecule has 2 aliphatic heterocycles. The molecule has 0 atom stereocenters. The highest BCUT2D eigenvalue weighted by Crippen LogP contribution is 2.16. The highest BCUT2D eigenvalue weighted by Gasteiger charge is 2.25. The first-order chi connectivity index (χ1) is 12.3. The zero-order chi connectivity index (χ0) is 18.7. The van der Waals surface area contributed by atoms with E-state index in [9.17, 15) is 22.8 Å². The van der Waals surface area contributed by atoms with E-state index in [0.29, 0.717) is 4.88 Å². The van der Waals surface area contributed by atoms with E-state index in [1.807, 2.05) is 0 Å². The number of rotatable bonds is 4. The Morgan fingerprint density at radius 3 is 2.85 bits per heavy atom. The minimum atomic E-state index is -3.48. The summed E-state index contributed by atoms with van der Waals surface area (Å²) in [5, 5.41) is 3.82. The van der Waals surface area contributed by atoms with Gasteiger partial charge >= 0.3 is 5.97 Å². The van der Waals surface area contributed by atoms with Gasteiger partial charge in [0, 0.05) is 12.7 Å². The number of esters is 1. The number of amides is 2. The highest BCUT2D eigenvalue weighted by molar-refractivity contribution is 7.90. The Morgan fingerprint density at radius 2 is 2.12 bits per heavy atom. The van der Waals surface area contributed by atoms with Gasteiger partial charge in [-0.15, -0.1) is 15.7 Å². The minimum Gasteiger partial charge on any atom is -0.452 e. The monoisotopic (exact) mass is 395 g/mol. The number of sulfonamides is 1. The van der Waals surface area contributed by atoms with Crippen molar-refractivity contribution in [3.05, 3.63) is 46.3 Å². The molecule has 2 amide bonds. The van der Waals surface area contributed by atoms with Crippen LogP contribution in [-0.4, -0.2) is 55.8 Å². The summed E-state index contributed by atoms with van der Waals surface area (Å²) in [6.07, 6.45) is 4.14. The second-order valence-corrected chi connectivity index (χ2v) is 7.98.